The van der Waals surface area contributed by atoms with Crippen LogP contribution >= 0.6 is 39.1 Å². The molecule has 0 spiro atoms. The molecule has 5 heteroatoms. The van der Waals surface area contributed by atoms with Crippen LogP contribution < -0.4 is 11.3 Å². The third-order valence-corrected chi connectivity index (χ3v) is 4.79. The fourth-order valence-corrected chi connectivity index (χ4v) is 2.93. The number of hydrogen-bond acceptors (Lipinski definition) is 2. The molecule has 0 aromatic heterocycles. The molecule has 0 aliphatic carbocycles. The fraction of sp³-hybridized carbons (Fsp3) is 0.200. The summed E-state index contributed by atoms with van der Waals surface area (Å²) >= 11 is 15.8. The van der Waals surface area contributed by atoms with Crippen molar-refractivity contribution in [2.75, 3.05) is 0 Å². The van der Waals surface area contributed by atoms with Gasteiger partial charge in [0.1, 0.15) is 0 Å². The SMILES string of the molecule is NNC(Cc1ccccc1Br)Cc1cccc(Cl)c1Cl. The minimum absolute atomic E-state index is 0.0877. The molecule has 0 aliphatic rings. The Morgan fingerprint density at radius 3 is 2.35 bits per heavy atom. The molecule has 0 heterocycles. The lowest BCUT2D eigenvalue weighted by atomic mass is 9.99. The average Bonchev–Trinajstić information content (AvgIpc) is 2.45. The second-order valence-electron chi connectivity index (χ2n) is 4.58. The highest BCUT2D eigenvalue weighted by Crippen LogP contribution is 2.27. The Balaban J connectivity index is 2.14. The van der Waals surface area contributed by atoms with Gasteiger partial charge in [0.25, 0.3) is 0 Å². The van der Waals surface area contributed by atoms with Crippen LogP contribution in [-0.2, 0) is 12.8 Å². The molecule has 20 heavy (non-hydrogen) atoms. The molecule has 2 nitrogen and oxygen atoms in total. The molecule has 1 atom stereocenters. The summed E-state index contributed by atoms with van der Waals surface area (Å²) in [4.78, 5) is 0. The molecule has 2 aromatic rings. The van der Waals surface area contributed by atoms with E-state index in [0.717, 1.165) is 22.9 Å². The van der Waals surface area contributed by atoms with Crippen molar-refractivity contribution in [3.05, 3.63) is 68.1 Å². The molecule has 0 saturated heterocycles. The van der Waals surface area contributed by atoms with Crippen molar-refractivity contribution in [2.24, 2.45) is 5.84 Å². The van der Waals surface area contributed by atoms with Gasteiger partial charge in [-0.25, -0.2) is 0 Å². The highest BCUT2D eigenvalue weighted by atomic mass is 79.9. The number of benzene rings is 2. The van der Waals surface area contributed by atoms with Crippen LogP contribution in [0.5, 0.6) is 0 Å². The number of hydrogen-bond donors (Lipinski definition) is 2. The Labute approximate surface area is 137 Å². The van der Waals surface area contributed by atoms with Gasteiger partial charge in [-0.3, -0.25) is 11.3 Å². The summed E-state index contributed by atoms with van der Waals surface area (Å²) in [7, 11) is 0. The highest BCUT2D eigenvalue weighted by Gasteiger charge is 2.13. The number of rotatable bonds is 5. The second-order valence-corrected chi connectivity index (χ2v) is 6.22. The first-order valence-electron chi connectivity index (χ1n) is 6.24. The maximum absolute atomic E-state index is 6.22. The van der Waals surface area contributed by atoms with Crippen molar-refractivity contribution < 1.29 is 0 Å². The molecule has 0 saturated carbocycles. The maximum atomic E-state index is 6.22. The first-order chi connectivity index (χ1) is 9.61. The van der Waals surface area contributed by atoms with Crippen LogP contribution in [0.25, 0.3) is 0 Å². The minimum Gasteiger partial charge on any atom is -0.271 e. The minimum atomic E-state index is 0.0877. The van der Waals surface area contributed by atoms with Gasteiger partial charge in [-0.2, -0.15) is 0 Å². The predicted molar refractivity (Wildman–Crippen MR) is 89.1 cm³/mol. The average molecular weight is 374 g/mol. The van der Waals surface area contributed by atoms with E-state index < -0.39 is 0 Å². The summed E-state index contributed by atoms with van der Waals surface area (Å²) in [5, 5.41) is 1.17. The molecule has 1 unspecified atom stereocenters. The molecule has 106 valence electrons. The topological polar surface area (TPSA) is 38.0 Å². The third-order valence-electron chi connectivity index (χ3n) is 3.16. The Morgan fingerprint density at radius 2 is 1.65 bits per heavy atom. The van der Waals surface area contributed by atoms with Gasteiger partial charge >= 0.3 is 0 Å². The molecular weight excluding hydrogens is 359 g/mol. The summed E-state index contributed by atoms with van der Waals surface area (Å²) in [5.74, 6) is 5.67. The van der Waals surface area contributed by atoms with Gasteiger partial charge in [-0.15, -0.1) is 0 Å². The normalized spacial score (nSPS) is 12.4. The van der Waals surface area contributed by atoms with Crippen molar-refractivity contribution in [1.82, 2.24) is 5.43 Å². The van der Waals surface area contributed by atoms with Crippen molar-refractivity contribution in [2.45, 2.75) is 18.9 Å². The molecular formula is C15H15BrCl2N2. The van der Waals surface area contributed by atoms with Gasteiger partial charge in [0, 0.05) is 10.5 Å². The van der Waals surface area contributed by atoms with Crippen LogP contribution in [0, 0.1) is 0 Å². The molecule has 0 fully saturated rings. The van der Waals surface area contributed by atoms with E-state index in [1.54, 1.807) is 6.07 Å². The molecule has 3 N–H and O–H groups in total. The van der Waals surface area contributed by atoms with E-state index in [0.29, 0.717) is 10.0 Å². The zero-order chi connectivity index (χ0) is 14.5. The van der Waals surface area contributed by atoms with Gasteiger partial charge in [-0.05, 0) is 36.1 Å². The molecule has 0 bridgehead atoms. The standard InChI is InChI=1S/C15H15BrCl2N2/c16-13-6-2-1-4-10(13)8-12(20-19)9-11-5-3-7-14(17)15(11)18/h1-7,12,20H,8-9,19H2. The van der Waals surface area contributed by atoms with E-state index in [1.807, 2.05) is 30.3 Å². The Morgan fingerprint density at radius 1 is 1.00 bits per heavy atom. The van der Waals surface area contributed by atoms with Crippen LogP contribution in [0.1, 0.15) is 11.1 Å². The van der Waals surface area contributed by atoms with Crippen LogP contribution in [0.2, 0.25) is 10.0 Å². The fourth-order valence-electron chi connectivity index (χ4n) is 2.09. The van der Waals surface area contributed by atoms with E-state index in [1.165, 1.54) is 5.56 Å². The molecule has 0 aliphatic heterocycles. The van der Waals surface area contributed by atoms with Crippen LogP contribution in [0.3, 0.4) is 0 Å². The van der Waals surface area contributed by atoms with Gasteiger partial charge in [0.05, 0.1) is 10.0 Å². The zero-order valence-corrected chi connectivity index (χ0v) is 13.8. The molecule has 2 rings (SSSR count). The zero-order valence-electron chi connectivity index (χ0n) is 10.7. The van der Waals surface area contributed by atoms with Gasteiger partial charge in [0.15, 0.2) is 0 Å². The lowest BCUT2D eigenvalue weighted by Crippen LogP contribution is -2.38. The molecule has 0 amide bonds. The monoisotopic (exact) mass is 372 g/mol. The van der Waals surface area contributed by atoms with Crippen molar-refractivity contribution in [3.8, 4) is 0 Å². The first kappa shape index (κ1) is 15.8. The number of halogens is 3. The van der Waals surface area contributed by atoms with Gasteiger partial charge < -0.3 is 0 Å². The van der Waals surface area contributed by atoms with Crippen LogP contribution in [0.4, 0.5) is 0 Å². The first-order valence-corrected chi connectivity index (χ1v) is 7.79. The third kappa shape index (κ3) is 3.96. The highest BCUT2D eigenvalue weighted by molar-refractivity contribution is 9.10. The summed E-state index contributed by atoms with van der Waals surface area (Å²) in [6.45, 7) is 0. The van der Waals surface area contributed by atoms with Gasteiger partial charge in [-0.1, -0.05) is 69.5 Å². The number of hydrazine groups is 1. The Hall–Kier alpha value is -0.580. The van der Waals surface area contributed by atoms with E-state index in [9.17, 15) is 0 Å². The number of nitrogens with one attached hydrogen (secondary N) is 1. The summed E-state index contributed by atoms with van der Waals surface area (Å²) in [5.41, 5.74) is 5.05. The maximum Gasteiger partial charge on any atom is 0.0624 e. The lowest BCUT2D eigenvalue weighted by Gasteiger charge is -2.18. The van der Waals surface area contributed by atoms with Crippen molar-refractivity contribution in [3.63, 3.8) is 0 Å². The van der Waals surface area contributed by atoms with Crippen molar-refractivity contribution in [1.29, 1.82) is 0 Å². The smallest absolute Gasteiger partial charge is 0.0624 e. The van der Waals surface area contributed by atoms with E-state index in [-0.39, 0.29) is 6.04 Å². The molecule has 2 aromatic carbocycles. The van der Waals surface area contributed by atoms with Gasteiger partial charge in [0.2, 0.25) is 0 Å². The predicted octanol–water partition coefficient (Wildman–Crippen LogP) is 4.37. The van der Waals surface area contributed by atoms with Crippen molar-refractivity contribution >= 4 is 39.1 Å². The van der Waals surface area contributed by atoms with E-state index >= 15 is 0 Å². The van der Waals surface area contributed by atoms with E-state index in [4.69, 9.17) is 29.0 Å². The van der Waals surface area contributed by atoms with Crippen LogP contribution in [-0.4, -0.2) is 6.04 Å². The van der Waals surface area contributed by atoms with Crippen LogP contribution in [0.15, 0.2) is 46.9 Å². The summed E-state index contributed by atoms with van der Waals surface area (Å²) < 4.78 is 1.08. The second kappa shape index (κ2) is 7.43. The molecule has 0 radical (unpaired) electrons. The Bertz CT molecular complexity index is 590. The summed E-state index contributed by atoms with van der Waals surface area (Å²) in [6.07, 6.45) is 1.53. The quantitative estimate of drug-likeness (QED) is 0.603. The Kier molecular flexibility index (Phi) is 5.87. The number of nitrogens with two attached hydrogens (primary N) is 1. The largest absolute Gasteiger partial charge is 0.271 e. The summed E-state index contributed by atoms with van der Waals surface area (Å²) in [6, 6.07) is 13.8. The lowest BCUT2D eigenvalue weighted by molar-refractivity contribution is 0.522. The van der Waals surface area contributed by atoms with E-state index in [2.05, 4.69) is 27.4 Å².